The lowest BCUT2D eigenvalue weighted by Gasteiger charge is -2.28. The van der Waals surface area contributed by atoms with Gasteiger partial charge in [0.05, 0.1) is 5.60 Å². The molecule has 2 aliphatic carbocycles. The molecule has 0 aromatic carbocycles. The van der Waals surface area contributed by atoms with Crippen LogP contribution in [-0.4, -0.2) is 10.5 Å². The molecule has 12 heavy (non-hydrogen) atoms. The predicted molar refractivity (Wildman–Crippen MR) is 46.4 cm³/mol. The molecule has 0 spiro atoms. The van der Waals surface area contributed by atoms with Gasteiger partial charge in [-0.3, -0.25) is 10.7 Å². The third kappa shape index (κ3) is 1.57. The maximum Gasteiger partial charge on any atom is 0.279 e. The second-order valence-electron chi connectivity index (χ2n) is 4.04. The van der Waals surface area contributed by atoms with Gasteiger partial charge in [0, 0.05) is 0 Å². The molecule has 2 aliphatic rings. The first kappa shape index (κ1) is 8.70. The highest BCUT2D eigenvalue weighted by molar-refractivity contribution is 7.51. The maximum absolute atomic E-state index is 9.13. The van der Waals surface area contributed by atoms with E-state index in [2.05, 4.69) is 0 Å². The average molecular weight is 190 g/mol. The number of nitrogens with one attached hydrogen (secondary N) is 1. The fourth-order valence-corrected chi connectivity index (χ4v) is 3.41. The summed E-state index contributed by atoms with van der Waals surface area (Å²) in [6.45, 7) is 0. The normalized spacial score (nSPS) is 44.7. The Bertz CT molecular complexity index is 230. The van der Waals surface area contributed by atoms with E-state index in [1.54, 1.807) is 0 Å². The molecular weight excluding hydrogens is 175 g/mol. The fraction of sp³-hybridized carbons (Fsp3) is 1.00. The van der Waals surface area contributed by atoms with E-state index in [-0.39, 0.29) is 5.60 Å². The van der Waals surface area contributed by atoms with Gasteiger partial charge in [0.1, 0.15) is 0 Å². The van der Waals surface area contributed by atoms with Crippen molar-refractivity contribution < 1.29 is 9.42 Å². The van der Waals surface area contributed by atoms with Crippen molar-refractivity contribution in [2.75, 3.05) is 0 Å². The van der Waals surface area contributed by atoms with E-state index in [0.29, 0.717) is 0 Å². The van der Waals surface area contributed by atoms with E-state index in [0.717, 1.165) is 25.2 Å². The van der Waals surface area contributed by atoms with Gasteiger partial charge in [-0.1, -0.05) is 0 Å². The van der Waals surface area contributed by atoms with Crippen LogP contribution in [0.25, 0.3) is 0 Å². The molecule has 2 rings (SSSR count). The van der Waals surface area contributed by atoms with Crippen LogP contribution >= 0.6 is 7.66 Å². The zero-order valence-corrected chi connectivity index (χ0v) is 7.89. The third-order valence-electron chi connectivity index (χ3n) is 3.01. The van der Waals surface area contributed by atoms with Crippen LogP contribution in [0, 0.1) is 11.1 Å². The summed E-state index contributed by atoms with van der Waals surface area (Å²) in [6, 6.07) is 0. The lowest BCUT2D eigenvalue weighted by atomic mass is 9.98. The molecule has 0 aromatic heterocycles. The minimum absolute atomic E-state index is 0.219. The Labute approximate surface area is 72.2 Å². The molecule has 2 fully saturated rings. The number of rotatable bonds is 2. The van der Waals surface area contributed by atoms with Crippen LogP contribution in [0.15, 0.2) is 0 Å². The summed E-state index contributed by atoms with van der Waals surface area (Å²) in [5, 5.41) is 7.17. The minimum Gasteiger partial charge on any atom is -0.328 e. The second kappa shape index (κ2) is 2.55. The van der Waals surface area contributed by atoms with Gasteiger partial charge in [-0.25, -0.2) is 0 Å². The quantitative estimate of drug-likeness (QED) is 0.581. The van der Waals surface area contributed by atoms with Gasteiger partial charge in [0.2, 0.25) is 0 Å². The Hall–Kier alpha value is 0.110. The Morgan fingerprint density at radius 1 is 1.50 bits per heavy atom. The number of hydrogen-bond donors (Lipinski definition) is 3. The molecule has 0 aromatic rings. The molecule has 4 nitrogen and oxygen atoms in total. The Kier molecular flexibility index (Phi) is 1.85. The molecule has 2 bridgehead atoms. The Morgan fingerprint density at radius 3 is 2.42 bits per heavy atom. The van der Waals surface area contributed by atoms with Gasteiger partial charge in [-0.05, 0) is 38.0 Å². The van der Waals surface area contributed by atoms with Crippen molar-refractivity contribution in [2.24, 2.45) is 11.4 Å². The average Bonchev–Trinajstić information content (AvgIpc) is 2.40. The van der Waals surface area contributed by atoms with Gasteiger partial charge in [0.25, 0.3) is 7.66 Å². The molecule has 1 unspecified atom stereocenters. The first-order chi connectivity index (χ1) is 5.49. The first-order valence-corrected chi connectivity index (χ1v) is 6.08. The zero-order chi connectivity index (χ0) is 8.82. The molecule has 4 N–H and O–H groups in total. The maximum atomic E-state index is 9.13. The number of fused-ring (bicyclic) bond motifs is 2. The molecule has 0 aliphatic heterocycles. The molecule has 1 atom stereocenters. The molecule has 0 heterocycles. The number of nitrogens with two attached hydrogens (primary N) is 1. The van der Waals surface area contributed by atoms with E-state index >= 15 is 0 Å². The lowest BCUT2D eigenvalue weighted by Crippen LogP contribution is -2.26. The van der Waals surface area contributed by atoms with Crippen molar-refractivity contribution in [3.63, 3.8) is 0 Å². The molecular formula is C7H15N2O2P. The highest BCUT2D eigenvalue weighted by atomic mass is 31.2. The van der Waals surface area contributed by atoms with Crippen LogP contribution in [-0.2, 0) is 4.52 Å². The summed E-state index contributed by atoms with van der Waals surface area (Å²) >= 11 is 0. The van der Waals surface area contributed by atoms with E-state index < -0.39 is 7.66 Å². The van der Waals surface area contributed by atoms with Crippen LogP contribution in [0.2, 0.25) is 0 Å². The van der Waals surface area contributed by atoms with E-state index in [4.69, 9.17) is 20.1 Å². The van der Waals surface area contributed by atoms with Gasteiger partial charge < -0.3 is 9.42 Å². The van der Waals surface area contributed by atoms with E-state index in [1.165, 1.54) is 12.8 Å². The van der Waals surface area contributed by atoms with Crippen LogP contribution in [0.1, 0.15) is 32.1 Å². The minimum atomic E-state index is -3.27. The van der Waals surface area contributed by atoms with Crippen LogP contribution in [0.3, 0.4) is 0 Å². The fourth-order valence-electron chi connectivity index (χ4n) is 2.56. The Morgan fingerprint density at radius 2 is 2.08 bits per heavy atom. The highest BCUT2D eigenvalue weighted by Crippen LogP contribution is 2.55. The summed E-state index contributed by atoms with van der Waals surface area (Å²) in [4.78, 5) is 9.13. The molecule has 0 amide bonds. The molecule has 0 saturated heterocycles. The van der Waals surface area contributed by atoms with Gasteiger partial charge in [-0.2, -0.15) is 0 Å². The standard InChI is InChI=1S/C7H15N2O2P/c8-12(9,10)11-7-3-1-6(5-7)2-4-7/h6H,1-5H2,(H4,8,9,10). The zero-order valence-electron chi connectivity index (χ0n) is 6.99. The van der Waals surface area contributed by atoms with Crippen molar-refractivity contribution >= 4 is 7.66 Å². The highest BCUT2D eigenvalue weighted by Gasteiger charge is 2.47. The summed E-state index contributed by atoms with van der Waals surface area (Å²) in [7, 11) is -3.27. The summed E-state index contributed by atoms with van der Waals surface area (Å²) in [5.41, 5.74) is 4.99. The van der Waals surface area contributed by atoms with Crippen molar-refractivity contribution in [2.45, 2.75) is 37.7 Å². The van der Waals surface area contributed by atoms with Gasteiger partial charge in [0.15, 0.2) is 0 Å². The predicted octanol–water partition coefficient (Wildman–Crippen LogP) is 1.81. The van der Waals surface area contributed by atoms with Crippen LogP contribution < -0.4 is 5.50 Å². The first-order valence-electron chi connectivity index (χ1n) is 4.35. The van der Waals surface area contributed by atoms with E-state index in [1.807, 2.05) is 0 Å². The topological polar surface area (TPSA) is 79.3 Å². The monoisotopic (exact) mass is 190 g/mol. The molecule has 5 heteroatoms. The van der Waals surface area contributed by atoms with Crippen LogP contribution in [0.4, 0.5) is 0 Å². The van der Waals surface area contributed by atoms with Gasteiger partial charge >= 0.3 is 0 Å². The Balaban J connectivity index is 2.08. The smallest absolute Gasteiger partial charge is 0.279 e. The second-order valence-corrected chi connectivity index (χ2v) is 5.47. The van der Waals surface area contributed by atoms with E-state index in [9.17, 15) is 0 Å². The van der Waals surface area contributed by atoms with Crippen molar-refractivity contribution in [1.29, 1.82) is 5.16 Å². The summed E-state index contributed by atoms with van der Waals surface area (Å²) in [5.74, 6) is 0.761. The molecule has 70 valence electrons. The number of hydrogen-bond acceptors (Lipinski definition) is 2. The van der Waals surface area contributed by atoms with Crippen molar-refractivity contribution in [3.05, 3.63) is 0 Å². The molecule has 2 saturated carbocycles. The molecule has 0 radical (unpaired) electrons. The summed E-state index contributed by atoms with van der Waals surface area (Å²) in [6.07, 6.45) is 5.33. The van der Waals surface area contributed by atoms with Crippen molar-refractivity contribution in [3.8, 4) is 0 Å². The van der Waals surface area contributed by atoms with Crippen LogP contribution in [0.5, 0.6) is 0 Å². The SMILES string of the molecule is N=P(N)(O)OC12CCC(CC1)C2. The summed E-state index contributed by atoms with van der Waals surface area (Å²) < 4.78 is 5.29. The van der Waals surface area contributed by atoms with Crippen molar-refractivity contribution in [1.82, 2.24) is 0 Å². The largest absolute Gasteiger partial charge is 0.328 e. The lowest BCUT2D eigenvalue weighted by molar-refractivity contribution is 0.0771. The van der Waals surface area contributed by atoms with Gasteiger partial charge in [-0.15, -0.1) is 0 Å². The third-order valence-corrected chi connectivity index (χ3v) is 3.68.